The summed E-state index contributed by atoms with van der Waals surface area (Å²) in [4.78, 5) is 0. The molecule has 0 heteroatoms. The average molecular weight is 601 g/mol. The van der Waals surface area contributed by atoms with E-state index in [4.69, 9.17) is 0 Å². The van der Waals surface area contributed by atoms with Crippen LogP contribution in [0.15, 0.2) is 151 Å². The monoisotopic (exact) mass is 600 g/mol. The van der Waals surface area contributed by atoms with E-state index in [2.05, 4.69) is 172 Å². The lowest BCUT2D eigenvalue weighted by Crippen LogP contribution is -2.16. The molecule has 0 fully saturated rings. The summed E-state index contributed by atoms with van der Waals surface area (Å²) in [6.07, 6.45) is 3.47. The summed E-state index contributed by atoms with van der Waals surface area (Å²) < 4.78 is 0. The van der Waals surface area contributed by atoms with Crippen molar-refractivity contribution in [3.8, 4) is 33.4 Å². The molecule has 0 radical (unpaired) electrons. The van der Waals surface area contributed by atoms with Crippen molar-refractivity contribution < 1.29 is 0 Å². The van der Waals surface area contributed by atoms with Crippen LogP contribution >= 0.6 is 0 Å². The van der Waals surface area contributed by atoms with Gasteiger partial charge in [-0.25, -0.2) is 0 Å². The molecule has 0 aromatic heterocycles. The Morgan fingerprint density at radius 3 is 1.51 bits per heavy atom. The highest BCUT2D eigenvalue weighted by Crippen LogP contribution is 2.53. The van der Waals surface area contributed by atoms with E-state index in [-0.39, 0.29) is 5.41 Å². The van der Waals surface area contributed by atoms with Gasteiger partial charge in [-0.05, 0) is 105 Å². The lowest BCUT2D eigenvalue weighted by molar-refractivity contribution is 0.495. The molecule has 8 aromatic rings. The first-order valence-corrected chi connectivity index (χ1v) is 16.7. The van der Waals surface area contributed by atoms with Gasteiger partial charge in [0, 0.05) is 0 Å². The van der Waals surface area contributed by atoms with Gasteiger partial charge in [-0.3, -0.25) is 0 Å². The zero-order chi connectivity index (χ0) is 31.7. The van der Waals surface area contributed by atoms with Crippen LogP contribution in [0.2, 0.25) is 0 Å². The van der Waals surface area contributed by atoms with Crippen LogP contribution in [0.1, 0.15) is 31.9 Å². The van der Waals surface area contributed by atoms with Gasteiger partial charge in [-0.15, -0.1) is 0 Å². The fourth-order valence-electron chi connectivity index (χ4n) is 8.09. The fraction of sp³-hybridized carbons (Fsp3) is 0.106. The summed E-state index contributed by atoms with van der Waals surface area (Å²) in [7, 11) is 0. The molecule has 0 unspecified atom stereocenters. The van der Waals surface area contributed by atoms with Crippen molar-refractivity contribution in [2.24, 2.45) is 5.41 Å². The summed E-state index contributed by atoms with van der Waals surface area (Å²) in [5.41, 5.74) is 12.1. The zero-order valence-corrected chi connectivity index (χ0v) is 27.1. The largest absolute Gasteiger partial charge is 0.0622 e. The van der Waals surface area contributed by atoms with Crippen molar-refractivity contribution >= 4 is 49.2 Å². The van der Waals surface area contributed by atoms with Crippen LogP contribution in [0, 0.1) is 5.41 Å². The number of allylic oxidation sites excluding steroid dienone is 1. The molecule has 0 atom stereocenters. The highest BCUT2D eigenvalue weighted by molar-refractivity contribution is 6.35. The summed E-state index contributed by atoms with van der Waals surface area (Å²) >= 11 is 0. The molecule has 0 N–H and O–H groups in total. The van der Waals surface area contributed by atoms with E-state index in [0.717, 1.165) is 6.42 Å². The third-order valence-electron chi connectivity index (χ3n) is 10.3. The molecule has 0 spiro atoms. The van der Waals surface area contributed by atoms with Crippen molar-refractivity contribution in [3.63, 3.8) is 0 Å². The first-order chi connectivity index (χ1) is 23.0. The molecule has 8 aromatic carbocycles. The van der Waals surface area contributed by atoms with Gasteiger partial charge in [0.1, 0.15) is 0 Å². The van der Waals surface area contributed by atoms with Gasteiger partial charge in [0.25, 0.3) is 0 Å². The molecule has 0 amide bonds. The van der Waals surface area contributed by atoms with Crippen LogP contribution in [-0.2, 0) is 6.42 Å². The SMILES string of the molecule is CC(C)(C)C1=Cc2c(-c3ccccc3)c3ccccc3c3c2c(c(-c2ccccc2)c2cc(-c4ccccc4)c4ccccc4c23)C1. The lowest BCUT2D eigenvalue weighted by Gasteiger charge is -2.32. The van der Waals surface area contributed by atoms with Crippen LogP contribution in [0.25, 0.3) is 82.5 Å². The Morgan fingerprint density at radius 1 is 0.426 bits per heavy atom. The molecule has 0 aliphatic heterocycles. The van der Waals surface area contributed by atoms with E-state index in [1.807, 2.05) is 0 Å². The Balaban J connectivity index is 1.62. The maximum Gasteiger partial charge on any atom is -0.00108 e. The Hall–Kier alpha value is -5.46. The van der Waals surface area contributed by atoms with Crippen LogP contribution < -0.4 is 0 Å². The van der Waals surface area contributed by atoms with Crippen LogP contribution in [0.5, 0.6) is 0 Å². The van der Waals surface area contributed by atoms with E-state index in [1.165, 1.54) is 93.2 Å². The molecular weight excluding hydrogens is 565 g/mol. The second-order valence-electron chi connectivity index (χ2n) is 14.0. The van der Waals surface area contributed by atoms with Crippen molar-refractivity contribution in [1.82, 2.24) is 0 Å². The third-order valence-corrected chi connectivity index (χ3v) is 10.3. The quantitative estimate of drug-likeness (QED) is 0.177. The number of hydrogen-bond acceptors (Lipinski definition) is 0. The zero-order valence-electron chi connectivity index (χ0n) is 27.1. The minimum absolute atomic E-state index is 0.0190. The number of hydrogen-bond donors (Lipinski definition) is 0. The molecule has 224 valence electrons. The molecule has 0 saturated carbocycles. The molecule has 1 aliphatic rings. The second-order valence-corrected chi connectivity index (χ2v) is 14.0. The van der Waals surface area contributed by atoms with Crippen LogP contribution in [0.4, 0.5) is 0 Å². The molecule has 0 bridgehead atoms. The average Bonchev–Trinajstić information content (AvgIpc) is 3.11. The molecule has 0 heterocycles. The van der Waals surface area contributed by atoms with Crippen molar-refractivity contribution in [1.29, 1.82) is 0 Å². The predicted octanol–water partition coefficient (Wildman–Crippen LogP) is 13.3. The van der Waals surface area contributed by atoms with Gasteiger partial charge < -0.3 is 0 Å². The van der Waals surface area contributed by atoms with Gasteiger partial charge in [0.2, 0.25) is 0 Å². The molecular formula is C47H36. The van der Waals surface area contributed by atoms with E-state index < -0.39 is 0 Å². The first-order valence-electron chi connectivity index (χ1n) is 16.7. The molecule has 47 heavy (non-hydrogen) atoms. The molecule has 9 rings (SSSR count). The number of rotatable bonds is 3. The highest BCUT2D eigenvalue weighted by atomic mass is 14.3. The Kier molecular flexibility index (Phi) is 6.24. The fourth-order valence-corrected chi connectivity index (χ4v) is 8.09. The standard InChI is InChI=1S/C47H36/c1-47(2,3)33-27-39-42(31-19-9-5-10-20-31)36-25-15-16-26-37(36)46-44-35-24-14-13-23-34(35)38(30-17-7-4-8-18-30)29-41(44)43(40(28-33)45(39)46)32-21-11-6-12-22-32/h4-27,29H,28H2,1-3H3. The molecule has 0 saturated heterocycles. The topological polar surface area (TPSA) is 0 Å². The van der Waals surface area contributed by atoms with Crippen molar-refractivity contribution in [2.45, 2.75) is 27.2 Å². The van der Waals surface area contributed by atoms with Crippen molar-refractivity contribution in [2.75, 3.05) is 0 Å². The van der Waals surface area contributed by atoms with E-state index >= 15 is 0 Å². The van der Waals surface area contributed by atoms with Crippen LogP contribution in [0.3, 0.4) is 0 Å². The summed E-state index contributed by atoms with van der Waals surface area (Å²) in [5, 5.41) is 10.7. The first kappa shape index (κ1) is 27.8. The van der Waals surface area contributed by atoms with Gasteiger partial charge in [0.05, 0.1) is 0 Å². The summed E-state index contributed by atoms with van der Waals surface area (Å²) in [6, 6.07) is 53.8. The minimum atomic E-state index is 0.0190. The maximum atomic E-state index is 2.55. The smallest absolute Gasteiger partial charge is 0.00108 e. The van der Waals surface area contributed by atoms with Gasteiger partial charge in [-0.1, -0.05) is 172 Å². The van der Waals surface area contributed by atoms with Gasteiger partial charge in [0.15, 0.2) is 0 Å². The number of fused-ring (bicyclic) bond motifs is 6. The van der Waals surface area contributed by atoms with Crippen LogP contribution in [-0.4, -0.2) is 0 Å². The van der Waals surface area contributed by atoms with E-state index in [9.17, 15) is 0 Å². The Labute approximate surface area is 276 Å². The Bertz CT molecular complexity index is 2530. The normalized spacial score (nSPS) is 13.0. The second kappa shape index (κ2) is 10.5. The van der Waals surface area contributed by atoms with Gasteiger partial charge >= 0.3 is 0 Å². The van der Waals surface area contributed by atoms with Crippen molar-refractivity contribution in [3.05, 3.63) is 162 Å². The van der Waals surface area contributed by atoms with Gasteiger partial charge in [-0.2, -0.15) is 0 Å². The Morgan fingerprint density at radius 2 is 0.915 bits per heavy atom. The highest BCUT2D eigenvalue weighted by Gasteiger charge is 2.30. The third kappa shape index (κ3) is 4.29. The number of benzene rings is 8. The minimum Gasteiger partial charge on any atom is -0.0622 e. The summed E-state index contributed by atoms with van der Waals surface area (Å²) in [6.45, 7) is 7.11. The maximum absolute atomic E-state index is 2.55. The molecule has 1 aliphatic carbocycles. The lowest BCUT2D eigenvalue weighted by atomic mass is 9.71. The molecule has 0 nitrogen and oxygen atoms in total. The summed E-state index contributed by atoms with van der Waals surface area (Å²) in [5.74, 6) is 0. The van der Waals surface area contributed by atoms with E-state index in [0.29, 0.717) is 0 Å². The van der Waals surface area contributed by atoms with E-state index in [1.54, 1.807) is 0 Å². The predicted molar refractivity (Wildman–Crippen MR) is 204 cm³/mol.